The van der Waals surface area contributed by atoms with Crippen LogP contribution < -0.4 is 4.74 Å². The van der Waals surface area contributed by atoms with Crippen LogP contribution in [0, 0.1) is 0 Å². The predicted molar refractivity (Wildman–Crippen MR) is 72.7 cm³/mol. The molecule has 0 spiro atoms. The van der Waals surface area contributed by atoms with Crippen molar-refractivity contribution in [3.05, 3.63) is 65.7 Å². The molecule has 0 aromatic heterocycles. The molecule has 0 saturated heterocycles. The van der Waals surface area contributed by atoms with Crippen LogP contribution in [0.5, 0.6) is 5.75 Å². The molecule has 94 valence electrons. The van der Waals surface area contributed by atoms with E-state index in [-0.39, 0.29) is 0 Å². The summed E-state index contributed by atoms with van der Waals surface area (Å²) in [4.78, 5) is 0. The molecule has 2 nitrogen and oxygen atoms in total. The lowest BCUT2D eigenvalue weighted by Gasteiger charge is -2.11. The number of hydrogen-bond acceptors (Lipinski definition) is 2. The highest BCUT2D eigenvalue weighted by Gasteiger charge is 2.06. The van der Waals surface area contributed by atoms with Gasteiger partial charge >= 0.3 is 0 Å². The Hall–Kier alpha value is -1.80. The van der Waals surface area contributed by atoms with Crippen LogP contribution in [-0.4, -0.2) is 12.2 Å². The molecule has 2 aromatic rings. The van der Waals surface area contributed by atoms with Crippen molar-refractivity contribution in [1.82, 2.24) is 0 Å². The van der Waals surface area contributed by atoms with Gasteiger partial charge in [0, 0.05) is 0 Å². The minimum Gasteiger partial charge on any atom is -0.497 e. The first-order valence-corrected chi connectivity index (χ1v) is 6.15. The fraction of sp³-hybridized carbons (Fsp3) is 0.250. The van der Waals surface area contributed by atoms with Gasteiger partial charge in [-0.05, 0) is 36.1 Å². The summed E-state index contributed by atoms with van der Waals surface area (Å²) in [6.45, 7) is 0. The number of aliphatic hydroxyl groups is 1. The number of aliphatic hydroxyl groups excluding tert-OH is 1. The number of rotatable bonds is 5. The van der Waals surface area contributed by atoms with Crippen LogP contribution >= 0.6 is 0 Å². The minimum atomic E-state index is -0.395. The van der Waals surface area contributed by atoms with Crippen LogP contribution in [-0.2, 0) is 6.42 Å². The molecular formula is C16H18O2. The van der Waals surface area contributed by atoms with Gasteiger partial charge in [0.25, 0.3) is 0 Å². The van der Waals surface area contributed by atoms with E-state index in [1.165, 1.54) is 5.56 Å². The Labute approximate surface area is 108 Å². The maximum Gasteiger partial charge on any atom is 0.118 e. The summed E-state index contributed by atoms with van der Waals surface area (Å²) in [7, 11) is 1.66. The van der Waals surface area contributed by atoms with Gasteiger partial charge in [0.15, 0.2) is 0 Å². The first-order valence-electron chi connectivity index (χ1n) is 6.15. The van der Waals surface area contributed by atoms with Crippen molar-refractivity contribution in [1.29, 1.82) is 0 Å². The summed E-state index contributed by atoms with van der Waals surface area (Å²) < 4.78 is 5.11. The molecule has 0 saturated carbocycles. The van der Waals surface area contributed by atoms with Gasteiger partial charge in [-0.25, -0.2) is 0 Å². The van der Waals surface area contributed by atoms with E-state index < -0.39 is 6.10 Å². The Morgan fingerprint density at radius 3 is 2.28 bits per heavy atom. The number of hydrogen-bond donors (Lipinski definition) is 1. The molecule has 0 aliphatic carbocycles. The van der Waals surface area contributed by atoms with E-state index in [4.69, 9.17) is 4.74 Å². The Kier molecular flexibility index (Phi) is 4.37. The number of aryl methyl sites for hydroxylation is 1. The van der Waals surface area contributed by atoms with Gasteiger partial charge in [-0.15, -0.1) is 0 Å². The largest absolute Gasteiger partial charge is 0.497 e. The SMILES string of the molecule is COc1ccc(CC[C@@H](O)c2ccccc2)cc1. The predicted octanol–water partition coefficient (Wildman–Crippen LogP) is 3.36. The highest BCUT2D eigenvalue weighted by molar-refractivity contribution is 5.27. The zero-order valence-electron chi connectivity index (χ0n) is 10.5. The highest BCUT2D eigenvalue weighted by atomic mass is 16.5. The second kappa shape index (κ2) is 6.22. The Morgan fingerprint density at radius 2 is 1.67 bits per heavy atom. The molecule has 0 radical (unpaired) electrons. The standard InChI is InChI=1S/C16H18O2/c1-18-15-10-7-13(8-11-15)9-12-16(17)14-5-3-2-4-6-14/h2-8,10-11,16-17H,9,12H2,1H3/t16-/m1/s1. The summed E-state index contributed by atoms with van der Waals surface area (Å²) in [6, 6.07) is 17.7. The molecule has 0 bridgehead atoms. The van der Waals surface area contributed by atoms with Gasteiger partial charge in [-0.3, -0.25) is 0 Å². The first-order chi connectivity index (χ1) is 8.79. The fourth-order valence-electron chi connectivity index (χ4n) is 1.94. The fourth-order valence-corrected chi connectivity index (χ4v) is 1.94. The number of benzene rings is 2. The average molecular weight is 242 g/mol. The Bertz CT molecular complexity index is 462. The summed E-state index contributed by atoms with van der Waals surface area (Å²) >= 11 is 0. The average Bonchev–Trinajstić information content (AvgIpc) is 2.46. The summed E-state index contributed by atoms with van der Waals surface area (Å²) in [6.07, 6.45) is 1.20. The second-order valence-electron chi connectivity index (χ2n) is 4.31. The van der Waals surface area contributed by atoms with E-state index in [9.17, 15) is 5.11 Å². The first kappa shape index (κ1) is 12.7. The molecule has 2 heteroatoms. The Balaban J connectivity index is 1.91. The molecule has 1 atom stereocenters. The van der Waals surface area contributed by atoms with Gasteiger partial charge in [0.2, 0.25) is 0 Å². The van der Waals surface area contributed by atoms with Crippen molar-refractivity contribution in [2.75, 3.05) is 7.11 Å². The van der Waals surface area contributed by atoms with Gasteiger partial charge in [0.05, 0.1) is 13.2 Å². The molecule has 0 aliphatic rings. The summed E-state index contributed by atoms with van der Waals surface area (Å²) in [5, 5.41) is 10.1. The maximum atomic E-state index is 10.1. The van der Waals surface area contributed by atoms with Gasteiger partial charge < -0.3 is 9.84 Å². The van der Waals surface area contributed by atoms with Crippen LogP contribution in [0.2, 0.25) is 0 Å². The number of ether oxygens (including phenoxy) is 1. The smallest absolute Gasteiger partial charge is 0.118 e. The molecule has 2 aromatic carbocycles. The zero-order valence-corrected chi connectivity index (χ0v) is 10.5. The van der Waals surface area contributed by atoms with E-state index >= 15 is 0 Å². The van der Waals surface area contributed by atoms with E-state index in [0.717, 1.165) is 24.2 Å². The second-order valence-corrected chi connectivity index (χ2v) is 4.31. The Morgan fingerprint density at radius 1 is 1.00 bits per heavy atom. The normalized spacial score (nSPS) is 12.1. The lowest BCUT2D eigenvalue weighted by atomic mass is 10.0. The van der Waals surface area contributed by atoms with Crippen LogP contribution in [0.1, 0.15) is 23.7 Å². The molecular weight excluding hydrogens is 224 g/mol. The summed E-state index contributed by atoms with van der Waals surface area (Å²) in [5.74, 6) is 0.863. The quantitative estimate of drug-likeness (QED) is 0.871. The van der Waals surface area contributed by atoms with Gasteiger partial charge in [-0.1, -0.05) is 42.5 Å². The third-order valence-corrected chi connectivity index (χ3v) is 3.05. The molecule has 2 rings (SSSR count). The zero-order chi connectivity index (χ0) is 12.8. The molecule has 18 heavy (non-hydrogen) atoms. The molecule has 0 fully saturated rings. The molecule has 0 aliphatic heterocycles. The molecule has 0 amide bonds. The third kappa shape index (κ3) is 3.34. The topological polar surface area (TPSA) is 29.5 Å². The maximum absolute atomic E-state index is 10.1. The summed E-state index contributed by atoms with van der Waals surface area (Å²) in [5.41, 5.74) is 2.19. The van der Waals surface area contributed by atoms with Crippen LogP contribution in [0.4, 0.5) is 0 Å². The molecule has 0 unspecified atom stereocenters. The van der Waals surface area contributed by atoms with E-state index in [1.54, 1.807) is 7.11 Å². The van der Waals surface area contributed by atoms with Crippen molar-refractivity contribution < 1.29 is 9.84 Å². The highest BCUT2D eigenvalue weighted by Crippen LogP contribution is 2.19. The van der Waals surface area contributed by atoms with Gasteiger partial charge in [0.1, 0.15) is 5.75 Å². The lowest BCUT2D eigenvalue weighted by molar-refractivity contribution is 0.168. The van der Waals surface area contributed by atoms with E-state index in [0.29, 0.717) is 0 Å². The molecule has 1 N–H and O–H groups in total. The van der Waals surface area contributed by atoms with Crippen LogP contribution in [0.15, 0.2) is 54.6 Å². The minimum absolute atomic E-state index is 0.395. The number of methoxy groups -OCH3 is 1. The lowest BCUT2D eigenvalue weighted by Crippen LogP contribution is -1.99. The van der Waals surface area contributed by atoms with Crippen molar-refractivity contribution in [2.24, 2.45) is 0 Å². The van der Waals surface area contributed by atoms with Crippen molar-refractivity contribution in [3.63, 3.8) is 0 Å². The van der Waals surface area contributed by atoms with E-state index in [2.05, 4.69) is 0 Å². The van der Waals surface area contributed by atoms with Crippen molar-refractivity contribution in [2.45, 2.75) is 18.9 Å². The van der Waals surface area contributed by atoms with E-state index in [1.807, 2.05) is 54.6 Å². The third-order valence-electron chi connectivity index (χ3n) is 3.05. The van der Waals surface area contributed by atoms with Crippen molar-refractivity contribution >= 4 is 0 Å². The van der Waals surface area contributed by atoms with Gasteiger partial charge in [-0.2, -0.15) is 0 Å². The van der Waals surface area contributed by atoms with Crippen molar-refractivity contribution in [3.8, 4) is 5.75 Å². The monoisotopic (exact) mass is 242 g/mol. The van der Waals surface area contributed by atoms with Crippen LogP contribution in [0.25, 0.3) is 0 Å². The molecule has 0 heterocycles. The van der Waals surface area contributed by atoms with Crippen LogP contribution in [0.3, 0.4) is 0 Å².